The second-order valence-electron chi connectivity index (χ2n) is 6.62. The molecule has 0 saturated heterocycles. The van der Waals surface area contributed by atoms with Gasteiger partial charge in [-0.15, -0.1) is 0 Å². The molecule has 3 rings (SSSR count). The molecule has 2 aromatic rings. The van der Waals surface area contributed by atoms with Crippen molar-refractivity contribution in [1.82, 2.24) is 10.3 Å². The van der Waals surface area contributed by atoms with Crippen LogP contribution in [0.4, 0.5) is 8.78 Å². The van der Waals surface area contributed by atoms with Gasteiger partial charge in [-0.3, -0.25) is 4.79 Å². The molecular weight excluding hydrogens is 361 g/mol. The average Bonchev–Trinajstić information content (AvgIpc) is 2.90. The number of aliphatic hydroxyl groups excluding tert-OH is 1. The number of amides is 1. The maximum atomic E-state index is 13.7. The summed E-state index contributed by atoms with van der Waals surface area (Å²) in [6.45, 7) is 3.00. The first kappa shape index (κ1) is 20.5. The van der Waals surface area contributed by atoms with E-state index in [0.717, 1.165) is 6.07 Å². The van der Waals surface area contributed by atoms with E-state index in [1.807, 2.05) is 0 Å². The van der Waals surface area contributed by atoms with E-state index in [1.54, 1.807) is 0 Å². The van der Waals surface area contributed by atoms with E-state index >= 15 is 0 Å². The molecule has 9 heteroatoms. The molecule has 0 bridgehead atoms. The molecule has 25 heavy (non-hydrogen) atoms. The second kappa shape index (κ2) is 6.71. The fourth-order valence-electron chi connectivity index (χ4n) is 3.12. The van der Waals surface area contributed by atoms with E-state index in [1.165, 1.54) is 19.9 Å². The van der Waals surface area contributed by atoms with Gasteiger partial charge in [0.15, 0.2) is 0 Å². The molecule has 0 spiro atoms. The van der Waals surface area contributed by atoms with E-state index in [0.29, 0.717) is 6.07 Å². The van der Waals surface area contributed by atoms with Crippen LogP contribution < -0.4 is 61.8 Å². The Morgan fingerprint density at radius 2 is 1.96 bits per heavy atom. The molecule has 0 aliphatic heterocycles. The van der Waals surface area contributed by atoms with Crippen molar-refractivity contribution in [3.63, 3.8) is 0 Å². The SMILES string of the molecule is CC1(C)C(O)CC1(NC(=O)c1cc2cc(F)cc(F)c2[nH]1)C(=O)[O-].[K+]. The van der Waals surface area contributed by atoms with Crippen molar-refractivity contribution in [2.24, 2.45) is 5.41 Å². The van der Waals surface area contributed by atoms with Crippen molar-refractivity contribution in [2.45, 2.75) is 31.9 Å². The summed E-state index contributed by atoms with van der Waals surface area (Å²) in [5.41, 5.74) is -3.06. The van der Waals surface area contributed by atoms with Gasteiger partial charge in [0.05, 0.1) is 23.1 Å². The van der Waals surface area contributed by atoms with Gasteiger partial charge in [0.2, 0.25) is 0 Å². The third-order valence-electron chi connectivity index (χ3n) is 5.00. The van der Waals surface area contributed by atoms with Crippen LogP contribution in [0.15, 0.2) is 18.2 Å². The Kier molecular flexibility index (Phi) is 5.49. The summed E-state index contributed by atoms with van der Waals surface area (Å²) in [5.74, 6) is -3.98. The van der Waals surface area contributed by atoms with Crippen molar-refractivity contribution in [3.05, 3.63) is 35.5 Å². The number of fused-ring (bicyclic) bond motifs is 1. The quantitative estimate of drug-likeness (QED) is 0.514. The molecule has 1 fully saturated rings. The first-order valence-corrected chi connectivity index (χ1v) is 7.28. The van der Waals surface area contributed by atoms with Gasteiger partial charge >= 0.3 is 51.4 Å². The Morgan fingerprint density at radius 3 is 2.48 bits per heavy atom. The van der Waals surface area contributed by atoms with E-state index in [-0.39, 0.29) is 74.4 Å². The third kappa shape index (κ3) is 3.06. The zero-order chi connectivity index (χ0) is 17.9. The molecule has 0 radical (unpaired) electrons. The number of carboxylic acids is 1. The largest absolute Gasteiger partial charge is 1.00 e. The predicted molar refractivity (Wildman–Crippen MR) is 77.8 cm³/mol. The van der Waals surface area contributed by atoms with Gasteiger partial charge in [-0.25, -0.2) is 8.78 Å². The molecule has 1 amide bonds. The minimum absolute atomic E-state index is 0. The molecule has 1 aliphatic carbocycles. The summed E-state index contributed by atoms with van der Waals surface area (Å²) >= 11 is 0. The monoisotopic (exact) mass is 376 g/mol. The Morgan fingerprint density at radius 1 is 1.32 bits per heavy atom. The number of H-pyrrole nitrogens is 1. The van der Waals surface area contributed by atoms with Crippen LogP contribution in [0, 0.1) is 17.0 Å². The third-order valence-corrected chi connectivity index (χ3v) is 5.00. The summed E-state index contributed by atoms with van der Waals surface area (Å²) in [5, 5.41) is 23.8. The fourth-order valence-corrected chi connectivity index (χ4v) is 3.12. The molecule has 1 saturated carbocycles. The maximum Gasteiger partial charge on any atom is 1.00 e. The van der Waals surface area contributed by atoms with Crippen molar-refractivity contribution >= 4 is 22.8 Å². The zero-order valence-electron chi connectivity index (χ0n) is 13.9. The van der Waals surface area contributed by atoms with Crippen LogP contribution in [0.5, 0.6) is 0 Å². The number of hydrogen-bond donors (Lipinski definition) is 3. The van der Waals surface area contributed by atoms with Crippen molar-refractivity contribution < 1.29 is 80.0 Å². The standard InChI is InChI=1S/C16H16F2N2O4.K/c1-15(2)11(21)6-16(15,14(23)24)20-13(22)10-4-7-3-8(17)5-9(18)12(7)19-10;/h3-5,11,19,21H,6H2,1-2H3,(H,20,22)(H,23,24);/q;+1/p-1. The zero-order valence-corrected chi connectivity index (χ0v) is 17.1. The van der Waals surface area contributed by atoms with Gasteiger partial charge in [-0.05, 0) is 12.1 Å². The normalized spacial score (nSPS) is 24.3. The van der Waals surface area contributed by atoms with Gasteiger partial charge in [-0.2, -0.15) is 0 Å². The average molecular weight is 376 g/mol. The Balaban J connectivity index is 0.00000225. The van der Waals surface area contributed by atoms with Crippen molar-refractivity contribution in [2.75, 3.05) is 0 Å². The number of carbonyl (C=O) groups is 2. The molecule has 2 unspecified atom stereocenters. The van der Waals surface area contributed by atoms with Crippen LogP contribution in [0.3, 0.4) is 0 Å². The Labute approximate surface area is 184 Å². The van der Waals surface area contributed by atoms with Gasteiger partial charge in [0.25, 0.3) is 5.91 Å². The van der Waals surface area contributed by atoms with Gasteiger partial charge < -0.3 is 25.3 Å². The van der Waals surface area contributed by atoms with Crippen molar-refractivity contribution in [1.29, 1.82) is 0 Å². The van der Waals surface area contributed by atoms with E-state index in [9.17, 15) is 28.6 Å². The Bertz CT molecular complexity index is 867. The number of carbonyl (C=O) groups excluding carboxylic acids is 2. The van der Waals surface area contributed by atoms with Gasteiger partial charge in [-0.1, -0.05) is 13.8 Å². The smallest absolute Gasteiger partial charge is 0.548 e. The number of benzene rings is 1. The van der Waals surface area contributed by atoms with Crippen LogP contribution in [0.2, 0.25) is 0 Å². The van der Waals surface area contributed by atoms with E-state index in [4.69, 9.17) is 0 Å². The molecule has 6 nitrogen and oxygen atoms in total. The van der Waals surface area contributed by atoms with Crippen LogP contribution in [0.1, 0.15) is 30.8 Å². The number of aliphatic hydroxyl groups is 1. The molecule has 128 valence electrons. The van der Waals surface area contributed by atoms with Crippen LogP contribution in [0.25, 0.3) is 10.9 Å². The van der Waals surface area contributed by atoms with Gasteiger partial charge in [0.1, 0.15) is 17.3 Å². The van der Waals surface area contributed by atoms with Crippen molar-refractivity contribution in [3.8, 4) is 0 Å². The first-order chi connectivity index (χ1) is 11.1. The van der Waals surface area contributed by atoms with Crippen LogP contribution in [-0.2, 0) is 4.79 Å². The fraction of sp³-hybridized carbons (Fsp3) is 0.375. The number of aromatic nitrogens is 1. The predicted octanol–water partition coefficient (Wildman–Crippen LogP) is -2.54. The number of hydrogen-bond acceptors (Lipinski definition) is 4. The molecule has 1 aromatic carbocycles. The summed E-state index contributed by atoms with van der Waals surface area (Å²) in [6, 6.07) is 2.95. The number of halogens is 2. The molecular formula is C16H15F2KN2O4. The summed E-state index contributed by atoms with van der Waals surface area (Å²) in [7, 11) is 0. The molecule has 2 atom stereocenters. The summed E-state index contributed by atoms with van der Waals surface area (Å²) in [4.78, 5) is 26.4. The number of aromatic amines is 1. The number of rotatable bonds is 3. The molecule has 1 aromatic heterocycles. The minimum Gasteiger partial charge on any atom is -0.548 e. The first-order valence-electron chi connectivity index (χ1n) is 7.28. The minimum atomic E-state index is -1.75. The number of aliphatic carboxylic acids is 1. The molecule has 1 heterocycles. The molecule has 3 N–H and O–H groups in total. The number of nitrogens with one attached hydrogen (secondary N) is 2. The Hall–Kier alpha value is -0.844. The van der Waals surface area contributed by atoms with E-state index in [2.05, 4.69) is 10.3 Å². The number of carboxylic acid groups (broad SMARTS) is 1. The summed E-state index contributed by atoms with van der Waals surface area (Å²) < 4.78 is 26.9. The van der Waals surface area contributed by atoms with Crippen LogP contribution in [-0.4, -0.2) is 33.6 Å². The van der Waals surface area contributed by atoms with E-state index < -0.39 is 40.6 Å². The summed E-state index contributed by atoms with van der Waals surface area (Å²) in [6.07, 6.45) is -1.11. The topological polar surface area (TPSA) is 105 Å². The van der Waals surface area contributed by atoms with Gasteiger partial charge in [0, 0.05) is 23.3 Å². The molecule has 1 aliphatic rings. The maximum absolute atomic E-state index is 13.7. The second-order valence-corrected chi connectivity index (χ2v) is 6.62. The van der Waals surface area contributed by atoms with Crippen LogP contribution >= 0.6 is 0 Å².